The zero-order valence-electron chi connectivity index (χ0n) is 12.8. The molecule has 1 fully saturated rings. The molecule has 0 saturated carbocycles. The van der Waals surface area contributed by atoms with Crippen LogP contribution in [0.2, 0.25) is 0 Å². The maximum absolute atomic E-state index is 14.3. The third-order valence-corrected chi connectivity index (χ3v) is 3.75. The van der Waals surface area contributed by atoms with Crippen LogP contribution in [0.4, 0.5) is 8.78 Å². The molecule has 1 atom stereocenters. The van der Waals surface area contributed by atoms with Gasteiger partial charge in [0.25, 0.3) is 5.92 Å². The number of nitrogens with zero attached hydrogens (tertiary/aromatic N) is 1. The molecule has 8 heteroatoms. The summed E-state index contributed by atoms with van der Waals surface area (Å²) in [6.45, 7) is 0.860. The van der Waals surface area contributed by atoms with Crippen molar-refractivity contribution in [1.29, 1.82) is 0 Å². The van der Waals surface area contributed by atoms with E-state index in [1.54, 1.807) is 17.0 Å². The number of aliphatic hydroxyl groups is 1. The number of alkyl halides is 2. The van der Waals surface area contributed by atoms with Gasteiger partial charge in [-0.3, -0.25) is 4.90 Å². The molecule has 1 heterocycles. The molecule has 1 aliphatic heterocycles. The number of piperazine rings is 1. The number of carbonyl (C=O) groups excluding carboxylic acids is 1. The van der Waals surface area contributed by atoms with Crippen LogP contribution < -0.4 is 5.32 Å². The van der Waals surface area contributed by atoms with E-state index in [2.05, 4.69) is 10.1 Å². The largest absolute Gasteiger partial charge is 0.465 e. The second-order valence-corrected chi connectivity index (χ2v) is 5.22. The van der Waals surface area contributed by atoms with Crippen molar-refractivity contribution in [2.75, 3.05) is 39.9 Å². The summed E-state index contributed by atoms with van der Waals surface area (Å²) in [6, 6.07) is 4.74. The Labute approximate surface area is 140 Å². The highest BCUT2D eigenvalue weighted by atomic mass is 35.5. The van der Waals surface area contributed by atoms with Gasteiger partial charge in [0.15, 0.2) is 0 Å². The lowest BCUT2D eigenvalue weighted by Crippen LogP contribution is -2.51. The Morgan fingerprint density at radius 1 is 1.43 bits per heavy atom. The Balaban J connectivity index is 0.00000264. The van der Waals surface area contributed by atoms with Crippen molar-refractivity contribution in [3.63, 3.8) is 0 Å². The van der Waals surface area contributed by atoms with Crippen molar-refractivity contribution in [3.8, 4) is 0 Å². The second-order valence-electron chi connectivity index (χ2n) is 5.22. The minimum atomic E-state index is -3.30. The van der Waals surface area contributed by atoms with E-state index >= 15 is 0 Å². The van der Waals surface area contributed by atoms with Gasteiger partial charge in [-0.1, -0.05) is 12.1 Å². The summed E-state index contributed by atoms with van der Waals surface area (Å²) >= 11 is 0. The Morgan fingerprint density at radius 2 is 2.09 bits per heavy atom. The smallest absolute Gasteiger partial charge is 0.337 e. The predicted molar refractivity (Wildman–Crippen MR) is 84.2 cm³/mol. The summed E-state index contributed by atoms with van der Waals surface area (Å²) in [7, 11) is 1.24. The first-order chi connectivity index (χ1) is 10.5. The Kier molecular flexibility index (Phi) is 7.34. The molecule has 0 spiro atoms. The highest BCUT2D eigenvalue weighted by molar-refractivity contribution is 5.89. The van der Waals surface area contributed by atoms with Crippen molar-refractivity contribution < 1.29 is 23.4 Å². The number of halogens is 3. The fourth-order valence-electron chi connectivity index (χ4n) is 2.70. The lowest BCUT2D eigenvalue weighted by Gasteiger charge is -2.38. The number of esters is 1. The van der Waals surface area contributed by atoms with Crippen molar-refractivity contribution >= 4 is 18.4 Å². The molecule has 1 aromatic carbocycles. The Hall–Kier alpha value is -1.28. The van der Waals surface area contributed by atoms with E-state index < -0.39 is 24.5 Å². The molecule has 5 nitrogen and oxygen atoms in total. The number of benzene rings is 1. The van der Waals surface area contributed by atoms with Gasteiger partial charge in [0.05, 0.1) is 12.7 Å². The van der Waals surface area contributed by atoms with Gasteiger partial charge in [-0.25, -0.2) is 13.6 Å². The SMILES string of the molecule is COC(=O)c1cccc([C@@H](N2CCNCC2)C(F)(F)CO)c1.Cl. The molecule has 0 unspecified atom stereocenters. The maximum Gasteiger partial charge on any atom is 0.337 e. The Morgan fingerprint density at radius 3 is 2.65 bits per heavy atom. The third kappa shape index (κ3) is 4.60. The van der Waals surface area contributed by atoms with E-state index in [0.29, 0.717) is 31.7 Å². The van der Waals surface area contributed by atoms with Crippen LogP contribution in [0.15, 0.2) is 24.3 Å². The van der Waals surface area contributed by atoms with E-state index in [4.69, 9.17) is 5.11 Å². The van der Waals surface area contributed by atoms with Crippen molar-refractivity contribution in [1.82, 2.24) is 10.2 Å². The fourth-order valence-corrected chi connectivity index (χ4v) is 2.70. The summed E-state index contributed by atoms with van der Waals surface area (Å²) in [4.78, 5) is 13.2. The standard InChI is InChI=1S/C15H20F2N2O3.ClH/c1-22-14(21)12-4-2-3-11(9-12)13(15(16,17)10-20)19-7-5-18-6-8-19;/h2-4,9,13,18,20H,5-8,10H2,1H3;1H/t13-;/m1./s1. The molecule has 0 amide bonds. The number of ether oxygens (including phenoxy) is 1. The van der Waals surface area contributed by atoms with Crippen molar-refractivity contribution in [2.45, 2.75) is 12.0 Å². The summed E-state index contributed by atoms with van der Waals surface area (Å²) in [6.07, 6.45) is 0. The van der Waals surface area contributed by atoms with Gasteiger partial charge in [-0.15, -0.1) is 12.4 Å². The number of aliphatic hydroxyl groups excluding tert-OH is 1. The maximum atomic E-state index is 14.3. The normalized spacial score (nSPS) is 17.2. The molecular formula is C15H21ClF2N2O3. The van der Waals surface area contributed by atoms with E-state index in [9.17, 15) is 13.6 Å². The van der Waals surface area contributed by atoms with Gasteiger partial charge in [0.1, 0.15) is 12.6 Å². The van der Waals surface area contributed by atoms with Crippen LogP contribution in [0.5, 0.6) is 0 Å². The van der Waals surface area contributed by atoms with E-state index in [-0.39, 0.29) is 18.0 Å². The van der Waals surface area contributed by atoms with Crippen LogP contribution >= 0.6 is 12.4 Å². The molecule has 0 radical (unpaired) electrons. The van der Waals surface area contributed by atoms with Crippen LogP contribution in [-0.2, 0) is 4.74 Å². The molecule has 130 valence electrons. The van der Waals surface area contributed by atoms with Gasteiger partial charge < -0.3 is 15.2 Å². The summed E-state index contributed by atoms with van der Waals surface area (Å²) in [5, 5.41) is 12.2. The molecule has 1 aromatic rings. The highest BCUT2D eigenvalue weighted by Crippen LogP contribution is 2.36. The first-order valence-electron chi connectivity index (χ1n) is 7.11. The molecule has 23 heavy (non-hydrogen) atoms. The van der Waals surface area contributed by atoms with Crippen molar-refractivity contribution in [2.24, 2.45) is 0 Å². The number of rotatable bonds is 5. The van der Waals surface area contributed by atoms with Crippen LogP contribution in [-0.4, -0.2) is 61.8 Å². The van der Waals surface area contributed by atoms with Crippen molar-refractivity contribution in [3.05, 3.63) is 35.4 Å². The molecule has 1 saturated heterocycles. The first kappa shape index (κ1) is 19.8. The average molecular weight is 351 g/mol. The molecule has 2 N–H and O–H groups in total. The Bertz CT molecular complexity index is 525. The van der Waals surface area contributed by atoms with Crippen LogP contribution in [0, 0.1) is 0 Å². The highest BCUT2D eigenvalue weighted by Gasteiger charge is 2.44. The summed E-state index contributed by atoms with van der Waals surface area (Å²) in [5.41, 5.74) is 0.512. The third-order valence-electron chi connectivity index (χ3n) is 3.75. The lowest BCUT2D eigenvalue weighted by molar-refractivity contribution is -0.118. The van der Waals surface area contributed by atoms with Gasteiger partial charge in [-0.2, -0.15) is 0 Å². The second kappa shape index (κ2) is 8.54. The topological polar surface area (TPSA) is 61.8 Å². The fraction of sp³-hybridized carbons (Fsp3) is 0.533. The minimum absolute atomic E-state index is 0. The van der Waals surface area contributed by atoms with Gasteiger partial charge >= 0.3 is 5.97 Å². The first-order valence-corrected chi connectivity index (χ1v) is 7.11. The number of carbonyl (C=O) groups is 1. The monoisotopic (exact) mass is 350 g/mol. The number of methoxy groups -OCH3 is 1. The zero-order valence-corrected chi connectivity index (χ0v) is 13.6. The quantitative estimate of drug-likeness (QED) is 0.787. The van der Waals surface area contributed by atoms with Gasteiger partial charge in [0, 0.05) is 26.2 Å². The van der Waals surface area contributed by atoms with E-state index in [0.717, 1.165) is 0 Å². The van der Waals surface area contributed by atoms with Crippen LogP contribution in [0.3, 0.4) is 0 Å². The van der Waals surface area contributed by atoms with Gasteiger partial charge in [-0.05, 0) is 17.7 Å². The number of nitrogens with one attached hydrogen (secondary N) is 1. The van der Waals surface area contributed by atoms with Gasteiger partial charge in [0.2, 0.25) is 0 Å². The molecule has 0 aromatic heterocycles. The van der Waals surface area contributed by atoms with Crippen LogP contribution in [0.25, 0.3) is 0 Å². The molecule has 2 rings (SSSR count). The number of hydrogen-bond acceptors (Lipinski definition) is 5. The minimum Gasteiger partial charge on any atom is -0.465 e. The van der Waals surface area contributed by atoms with Crippen LogP contribution in [0.1, 0.15) is 22.0 Å². The average Bonchev–Trinajstić information content (AvgIpc) is 2.55. The van der Waals surface area contributed by atoms with E-state index in [1.165, 1.54) is 19.2 Å². The molecule has 0 aliphatic carbocycles. The number of hydrogen-bond donors (Lipinski definition) is 2. The summed E-state index contributed by atoms with van der Waals surface area (Å²) in [5.74, 6) is -3.88. The molecular weight excluding hydrogens is 330 g/mol. The predicted octanol–water partition coefficient (Wildman–Crippen LogP) is 1.47. The lowest BCUT2D eigenvalue weighted by atomic mass is 9.96. The zero-order chi connectivity index (χ0) is 16.2. The van der Waals surface area contributed by atoms with E-state index in [1.807, 2.05) is 0 Å². The summed E-state index contributed by atoms with van der Waals surface area (Å²) < 4.78 is 33.2. The molecule has 1 aliphatic rings. The molecule has 0 bridgehead atoms.